The SMILES string of the molecule is Cc1cc(C(=O)N2CC(CN)CC2C)c2cnn(C(C)C)c2n1. The number of nitrogens with zero attached hydrogens (tertiary/aromatic N) is 4. The Labute approximate surface area is 136 Å². The molecule has 2 N–H and O–H groups in total. The average Bonchev–Trinajstić information content (AvgIpc) is 3.08. The van der Waals surface area contributed by atoms with E-state index in [0.29, 0.717) is 18.0 Å². The lowest BCUT2D eigenvalue weighted by atomic mass is 10.1. The zero-order valence-electron chi connectivity index (χ0n) is 14.3. The lowest BCUT2D eigenvalue weighted by molar-refractivity contribution is 0.0745. The van der Waals surface area contributed by atoms with Crippen LogP contribution in [-0.4, -0.2) is 44.7 Å². The highest BCUT2D eigenvalue weighted by Crippen LogP contribution is 2.27. The summed E-state index contributed by atoms with van der Waals surface area (Å²) in [6.45, 7) is 9.50. The number of carbonyl (C=O) groups is 1. The fourth-order valence-electron chi connectivity index (χ4n) is 3.45. The van der Waals surface area contributed by atoms with Gasteiger partial charge in [0.15, 0.2) is 5.65 Å². The summed E-state index contributed by atoms with van der Waals surface area (Å²) in [6, 6.07) is 2.30. The summed E-state index contributed by atoms with van der Waals surface area (Å²) in [5.41, 5.74) is 8.11. The number of hydrogen-bond donors (Lipinski definition) is 1. The van der Waals surface area contributed by atoms with Gasteiger partial charge in [-0.25, -0.2) is 9.67 Å². The van der Waals surface area contributed by atoms with Crippen molar-refractivity contribution >= 4 is 16.9 Å². The predicted molar refractivity (Wildman–Crippen MR) is 90.3 cm³/mol. The quantitative estimate of drug-likeness (QED) is 0.941. The second kappa shape index (κ2) is 5.92. The Bertz CT molecular complexity index is 736. The maximum atomic E-state index is 13.1. The Morgan fingerprint density at radius 1 is 1.48 bits per heavy atom. The van der Waals surface area contributed by atoms with E-state index < -0.39 is 0 Å². The van der Waals surface area contributed by atoms with Crippen LogP contribution >= 0.6 is 0 Å². The molecule has 2 unspecified atom stereocenters. The molecule has 6 nitrogen and oxygen atoms in total. The molecule has 6 heteroatoms. The zero-order chi connectivity index (χ0) is 16.7. The van der Waals surface area contributed by atoms with E-state index in [1.54, 1.807) is 6.20 Å². The third-order valence-electron chi connectivity index (χ3n) is 4.67. The first-order valence-corrected chi connectivity index (χ1v) is 8.28. The number of amides is 1. The lowest BCUT2D eigenvalue weighted by Crippen LogP contribution is -2.34. The van der Waals surface area contributed by atoms with Gasteiger partial charge in [-0.15, -0.1) is 0 Å². The molecule has 1 amide bonds. The number of hydrogen-bond acceptors (Lipinski definition) is 4. The highest BCUT2D eigenvalue weighted by molar-refractivity contribution is 6.05. The van der Waals surface area contributed by atoms with Crippen molar-refractivity contribution in [2.45, 2.75) is 46.2 Å². The van der Waals surface area contributed by atoms with E-state index in [1.165, 1.54) is 0 Å². The number of rotatable bonds is 3. The van der Waals surface area contributed by atoms with Gasteiger partial charge >= 0.3 is 0 Å². The fraction of sp³-hybridized carbons (Fsp3) is 0.588. The van der Waals surface area contributed by atoms with Crippen LogP contribution in [0.4, 0.5) is 0 Å². The van der Waals surface area contributed by atoms with Crippen molar-refractivity contribution in [3.05, 3.63) is 23.5 Å². The first-order valence-electron chi connectivity index (χ1n) is 8.28. The Morgan fingerprint density at radius 3 is 2.83 bits per heavy atom. The molecule has 1 fully saturated rings. The predicted octanol–water partition coefficient (Wildman–Crippen LogP) is 2.13. The standard InChI is InChI=1S/C17H25N5O/c1-10(2)22-16-15(8-19-22)14(5-11(3)20-16)17(23)21-9-13(7-18)6-12(21)4/h5,8,10,12-13H,6-7,9,18H2,1-4H3. The average molecular weight is 315 g/mol. The summed E-state index contributed by atoms with van der Waals surface area (Å²) in [4.78, 5) is 19.6. The maximum Gasteiger partial charge on any atom is 0.254 e. The molecule has 2 aromatic rings. The number of nitrogens with two attached hydrogens (primary N) is 1. The van der Waals surface area contributed by atoms with Gasteiger partial charge in [-0.1, -0.05) is 0 Å². The number of fused-ring (bicyclic) bond motifs is 1. The Morgan fingerprint density at radius 2 is 2.22 bits per heavy atom. The first-order chi connectivity index (χ1) is 10.9. The van der Waals surface area contributed by atoms with Crippen molar-refractivity contribution in [3.63, 3.8) is 0 Å². The Kier molecular flexibility index (Phi) is 4.10. The fourth-order valence-corrected chi connectivity index (χ4v) is 3.45. The van der Waals surface area contributed by atoms with Gasteiger partial charge < -0.3 is 10.6 Å². The zero-order valence-corrected chi connectivity index (χ0v) is 14.3. The van der Waals surface area contributed by atoms with Gasteiger partial charge in [-0.05, 0) is 52.6 Å². The molecule has 0 aromatic carbocycles. The molecule has 3 rings (SSSR count). The van der Waals surface area contributed by atoms with E-state index in [9.17, 15) is 4.79 Å². The van der Waals surface area contributed by atoms with Gasteiger partial charge in [0.1, 0.15) is 0 Å². The number of carbonyl (C=O) groups excluding carboxylic acids is 1. The molecule has 0 radical (unpaired) electrons. The van der Waals surface area contributed by atoms with Gasteiger partial charge in [0.05, 0.1) is 17.1 Å². The maximum absolute atomic E-state index is 13.1. The van der Waals surface area contributed by atoms with Crippen LogP contribution in [0.2, 0.25) is 0 Å². The number of aromatic nitrogens is 3. The van der Waals surface area contributed by atoms with E-state index >= 15 is 0 Å². The van der Waals surface area contributed by atoms with Crippen molar-refractivity contribution in [1.82, 2.24) is 19.7 Å². The van der Waals surface area contributed by atoms with Gasteiger partial charge in [-0.2, -0.15) is 5.10 Å². The van der Waals surface area contributed by atoms with Crippen LogP contribution < -0.4 is 5.73 Å². The van der Waals surface area contributed by atoms with Gasteiger partial charge in [0.25, 0.3) is 5.91 Å². The van der Waals surface area contributed by atoms with Crippen LogP contribution in [-0.2, 0) is 0 Å². The monoisotopic (exact) mass is 315 g/mol. The van der Waals surface area contributed by atoms with Crippen LogP contribution in [0.15, 0.2) is 12.3 Å². The van der Waals surface area contributed by atoms with E-state index in [2.05, 4.69) is 30.9 Å². The van der Waals surface area contributed by atoms with E-state index in [0.717, 1.165) is 29.7 Å². The number of likely N-dealkylation sites (tertiary alicyclic amines) is 1. The van der Waals surface area contributed by atoms with Crippen LogP contribution in [0.3, 0.4) is 0 Å². The Balaban J connectivity index is 2.04. The third kappa shape index (κ3) is 2.72. The molecule has 0 spiro atoms. The van der Waals surface area contributed by atoms with Crippen LogP contribution in [0.5, 0.6) is 0 Å². The topological polar surface area (TPSA) is 77.0 Å². The van der Waals surface area contributed by atoms with Crippen molar-refractivity contribution < 1.29 is 4.79 Å². The second-order valence-corrected chi connectivity index (χ2v) is 6.88. The van der Waals surface area contributed by atoms with Crippen LogP contribution in [0.1, 0.15) is 49.3 Å². The number of pyridine rings is 1. The minimum Gasteiger partial charge on any atom is -0.336 e. The molecule has 0 bridgehead atoms. The van der Waals surface area contributed by atoms with Crippen LogP contribution in [0.25, 0.3) is 11.0 Å². The summed E-state index contributed by atoms with van der Waals surface area (Å²) < 4.78 is 1.87. The minimum absolute atomic E-state index is 0.0623. The number of aryl methyl sites for hydroxylation is 1. The summed E-state index contributed by atoms with van der Waals surface area (Å²) in [5.74, 6) is 0.456. The van der Waals surface area contributed by atoms with Gasteiger partial charge in [-0.3, -0.25) is 4.79 Å². The molecule has 1 aliphatic heterocycles. The summed E-state index contributed by atoms with van der Waals surface area (Å²) in [5, 5.41) is 5.25. The molecule has 0 saturated carbocycles. The van der Waals surface area contributed by atoms with Crippen molar-refractivity contribution in [3.8, 4) is 0 Å². The largest absolute Gasteiger partial charge is 0.336 e. The second-order valence-electron chi connectivity index (χ2n) is 6.88. The van der Waals surface area contributed by atoms with Crippen LogP contribution in [0, 0.1) is 12.8 Å². The van der Waals surface area contributed by atoms with Gasteiger partial charge in [0, 0.05) is 24.3 Å². The molecule has 1 aliphatic rings. The molecule has 23 heavy (non-hydrogen) atoms. The highest BCUT2D eigenvalue weighted by Gasteiger charge is 2.33. The third-order valence-corrected chi connectivity index (χ3v) is 4.67. The van der Waals surface area contributed by atoms with E-state index in [1.807, 2.05) is 22.6 Å². The molecular weight excluding hydrogens is 290 g/mol. The molecule has 2 aromatic heterocycles. The molecule has 3 heterocycles. The van der Waals surface area contributed by atoms with E-state index in [4.69, 9.17) is 5.73 Å². The van der Waals surface area contributed by atoms with E-state index in [-0.39, 0.29) is 18.0 Å². The summed E-state index contributed by atoms with van der Waals surface area (Å²) in [6.07, 6.45) is 2.73. The normalized spacial score (nSPS) is 21.6. The van der Waals surface area contributed by atoms with Gasteiger partial charge in [0.2, 0.25) is 0 Å². The molecule has 1 saturated heterocycles. The molecular formula is C17H25N5O. The van der Waals surface area contributed by atoms with Crippen molar-refractivity contribution in [2.24, 2.45) is 11.7 Å². The molecule has 124 valence electrons. The van der Waals surface area contributed by atoms with Crippen molar-refractivity contribution in [1.29, 1.82) is 0 Å². The lowest BCUT2D eigenvalue weighted by Gasteiger charge is -2.22. The highest BCUT2D eigenvalue weighted by atomic mass is 16.2. The first kappa shape index (κ1) is 15.9. The Hall–Kier alpha value is -1.95. The molecule has 2 atom stereocenters. The molecule has 0 aliphatic carbocycles. The van der Waals surface area contributed by atoms with Crippen molar-refractivity contribution in [2.75, 3.05) is 13.1 Å². The summed E-state index contributed by atoms with van der Waals surface area (Å²) in [7, 11) is 0. The summed E-state index contributed by atoms with van der Waals surface area (Å²) >= 11 is 0. The minimum atomic E-state index is 0.0623. The smallest absolute Gasteiger partial charge is 0.254 e.